The predicted octanol–water partition coefficient (Wildman–Crippen LogP) is 3.64. The Balaban J connectivity index is 1.84. The van der Waals surface area contributed by atoms with Crippen LogP contribution in [0.3, 0.4) is 0 Å². The Labute approximate surface area is 142 Å². The lowest BCUT2D eigenvalue weighted by atomic mass is 10.1. The molecule has 0 saturated heterocycles. The Bertz CT molecular complexity index is 786. The van der Waals surface area contributed by atoms with E-state index in [1.165, 1.54) is 11.1 Å². The fourth-order valence-corrected chi connectivity index (χ4v) is 2.51. The number of benzene rings is 2. The molecule has 3 aromatic rings. The maximum absolute atomic E-state index is 4.10. The lowest BCUT2D eigenvalue weighted by Crippen LogP contribution is -2.15. The number of tetrazole rings is 1. The minimum Gasteiger partial charge on any atom is -0.378 e. The second kappa shape index (κ2) is 7.55. The zero-order chi connectivity index (χ0) is 16.8. The summed E-state index contributed by atoms with van der Waals surface area (Å²) in [5.41, 5.74) is 3.31. The van der Waals surface area contributed by atoms with Crippen LogP contribution in [-0.4, -0.2) is 38.2 Å². The molecular weight excluding hydrogens is 298 g/mol. The molecule has 1 heterocycles. The van der Waals surface area contributed by atoms with Crippen molar-refractivity contribution in [1.29, 1.82) is 0 Å². The van der Waals surface area contributed by atoms with Gasteiger partial charge in [0.25, 0.3) is 0 Å². The summed E-state index contributed by atoms with van der Waals surface area (Å²) in [6.45, 7) is 6.17. The minimum atomic E-state index is 0.717. The van der Waals surface area contributed by atoms with Gasteiger partial charge in [-0.05, 0) is 47.5 Å². The second-order valence-electron chi connectivity index (χ2n) is 5.40. The van der Waals surface area contributed by atoms with E-state index in [1.54, 1.807) is 4.68 Å². The van der Waals surface area contributed by atoms with Crippen LogP contribution in [-0.2, 0) is 0 Å². The van der Waals surface area contributed by atoms with Crippen molar-refractivity contribution in [2.45, 2.75) is 13.8 Å². The summed E-state index contributed by atoms with van der Waals surface area (Å²) >= 11 is 0. The van der Waals surface area contributed by atoms with Gasteiger partial charge in [-0.3, -0.25) is 0 Å². The van der Waals surface area contributed by atoms with Crippen LogP contribution in [0.4, 0.5) is 0 Å². The topological polar surface area (TPSA) is 46.8 Å². The van der Waals surface area contributed by atoms with Crippen molar-refractivity contribution in [3.8, 4) is 16.8 Å². The average molecular weight is 319 g/mol. The SMILES string of the molecule is CCN(/C=C/c1nnnn1-c1ccc(-c2ccccc2)cc1)CC. The van der Waals surface area contributed by atoms with Gasteiger partial charge in [-0.1, -0.05) is 42.5 Å². The Morgan fingerprint density at radius 2 is 1.58 bits per heavy atom. The molecule has 0 bridgehead atoms. The molecule has 0 aliphatic carbocycles. The molecule has 0 spiro atoms. The van der Waals surface area contributed by atoms with Crippen molar-refractivity contribution in [2.24, 2.45) is 0 Å². The molecule has 0 amide bonds. The molecule has 5 nitrogen and oxygen atoms in total. The van der Waals surface area contributed by atoms with Crippen LogP contribution in [0.1, 0.15) is 19.7 Å². The van der Waals surface area contributed by atoms with Crippen LogP contribution in [0.15, 0.2) is 60.8 Å². The van der Waals surface area contributed by atoms with Crippen LogP contribution in [0, 0.1) is 0 Å². The molecule has 0 radical (unpaired) electrons. The van der Waals surface area contributed by atoms with E-state index in [4.69, 9.17) is 0 Å². The van der Waals surface area contributed by atoms with E-state index in [-0.39, 0.29) is 0 Å². The van der Waals surface area contributed by atoms with Crippen molar-refractivity contribution in [3.05, 3.63) is 66.6 Å². The maximum atomic E-state index is 4.10. The van der Waals surface area contributed by atoms with Crippen molar-refractivity contribution >= 4 is 6.08 Å². The van der Waals surface area contributed by atoms with Gasteiger partial charge in [-0.2, -0.15) is 4.68 Å². The first-order chi connectivity index (χ1) is 11.8. The molecule has 122 valence electrons. The molecule has 1 aromatic heterocycles. The maximum Gasteiger partial charge on any atom is 0.181 e. The van der Waals surface area contributed by atoms with Crippen LogP contribution in [0.2, 0.25) is 0 Å². The third-order valence-corrected chi connectivity index (χ3v) is 3.96. The van der Waals surface area contributed by atoms with E-state index >= 15 is 0 Å². The Kier molecular flexibility index (Phi) is 5.01. The first-order valence-corrected chi connectivity index (χ1v) is 8.18. The first-order valence-electron chi connectivity index (χ1n) is 8.18. The molecule has 0 fully saturated rings. The van der Waals surface area contributed by atoms with Gasteiger partial charge in [-0.25, -0.2) is 0 Å². The van der Waals surface area contributed by atoms with E-state index in [9.17, 15) is 0 Å². The van der Waals surface area contributed by atoms with Crippen molar-refractivity contribution < 1.29 is 0 Å². The first kappa shape index (κ1) is 15.9. The molecule has 0 aliphatic heterocycles. The van der Waals surface area contributed by atoms with Crippen molar-refractivity contribution in [2.75, 3.05) is 13.1 Å². The van der Waals surface area contributed by atoms with Crippen molar-refractivity contribution in [3.63, 3.8) is 0 Å². The zero-order valence-corrected chi connectivity index (χ0v) is 14.0. The highest BCUT2D eigenvalue weighted by molar-refractivity contribution is 5.64. The number of hydrogen-bond donors (Lipinski definition) is 0. The molecule has 0 aliphatic rings. The van der Waals surface area contributed by atoms with Gasteiger partial charge in [-0.15, -0.1) is 5.10 Å². The Morgan fingerprint density at radius 3 is 2.25 bits per heavy atom. The summed E-state index contributed by atoms with van der Waals surface area (Å²) < 4.78 is 1.74. The van der Waals surface area contributed by atoms with Gasteiger partial charge in [0.15, 0.2) is 5.82 Å². The summed E-state index contributed by atoms with van der Waals surface area (Å²) in [4.78, 5) is 2.19. The van der Waals surface area contributed by atoms with E-state index in [1.807, 2.05) is 42.6 Å². The number of hydrogen-bond acceptors (Lipinski definition) is 4. The molecule has 0 unspecified atom stereocenters. The predicted molar refractivity (Wildman–Crippen MR) is 96.5 cm³/mol. The van der Waals surface area contributed by atoms with E-state index in [2.05, 4.69) is 58.5 Å². The fraction of sp³-hybridized carbons (Fsp3) is 0.211. The Hall–Kier alpha value is -2.95. The van der Waals surface area contributed by atoms with Crippen LogP contribution < -0.4 is 0 Å². The van der Waals surface area contributed by atoms with Gasteiger partial charge < -0.3 is 4.90 Å². The lowest BCUT2D eigenvalue weighted by Gasteiger charge is -2.14. The smallest absolute Gasteiger partial charge is 0.181 e. The molecule has 2 aromatic carbocycles. The van der Waals surface area contributed by atoms with Gasteiger partial charge >= 0.3 is 0 Å². The van der Waals surface area contributed by atoms with E-state index in [0.717, 1.165) is 24.6 Å². The highest BCUT2D eigenvalue weighted by Gasteiger charge is 2.06. The normalized spacial score (nSPS) is 11.1. The van der Waals surface area contributed by atoms with Gasteiger partial charge in [0.2, 0.25) is 0 Å². The van der Waals surface area contributed by atoms with Gasteiger partial charge in [0, 0.05) is 25.4 Å². The summed E-state index contributed by atoms with van der Waals surface area (Å²) in [6.07, 6.45) is 3.97. The van der Waals surface area contributed by atoms with E-state index < -0.39 is 0 Å². The monoisotopic (exact) mass is 319 g/mol. The molecule has 5 heteroatoms. The summed E-state index contributed by atoms with van der Waals surface area (Å²) in [5, 5.41) is 12.0. The molecule has 24 heavy (non-hydrogen) atoms. The number of nitrogens with zero attached hydrogens (tertiary/aromatic N) is 5. The quantitative estimate of drug-likeness (QED) is 0.696. The van der Waals surface area contributed by atoms with Gasteiger partial charge in [0.1, 0.15) is 0 Å². The fourth-order valence-electron chi connectivity index (χ4n) is 2.51. The molecule has 0 atom stereocenters. The average Bonchev–Trinajstić information content (AvgIpc) is 3.12. The number of aromatic nitrogens is 4. The van der Waals surface area contributed by atoms with Crippen LogP contribution in [0.25, 0.3) is 22.9 Å². The standard InChI is InChI=1S/C19H21N5/c1-3-23(4-2)15-14-19-20-21-22-24(19)18-12-10-17(11-13-18)16-8-6-5-7-9-16/h5-15H,3-4H2,1-2H3/b15-14+. The summed E-state index contributed by atoms with van der Waals surface area (Å²) in [5.74, 6) is 0.717. The van der Waals surface area contributed by atoms with E-state index in [0.29, 0.717) is 0 Å². The highest BCUT2D eigenvalue weighted by Crippen LogP contribution is 2.20. The lowest BCUT2D eigenvalue weighted by molar-refractivity contribution is 0.421. The summed E-state index contributed by atoms with van der Waals surface area (Å²) in [6, 6.07) is 18.6. The van der Waals surface area contributed by atoms with Crippen molar-refractivity contribution in [1.82, 2.24) is 25.1 Å². The van der Waals surface area contributed by atoms with Gasteiger partial charge in [0.05, 0.1) is 5.69 Å². The Morgan fingerprint density at radius 1 is 0.917 bits per heavy atom. The second-order valence-corrected chi connectivity index (χ2v) is 5.40. The minimum absolute atomic E-state index is 0.717. The molecule has 0 saturated carbocycles. The summed E-state index contributed by atoms with van der Waals surface area (Å²) in [7, 11) is 0. The zero-order valence-electron chi connectivity index (χ0n) is 14.0. The highest BCUT2D eigenvalue weighted by atomic mass is 15.5. The van der Waals surface area contributed by atoms with Crippen LogP contribution >= 0.6 is 0 Å². The van der Waals surface area contributed by atoms with Crippen LogP contribution in [0.5, 0.6) is 0 Å². The molecule has 0 N–H and O–H groups in total. The largest absolute Gasteiger partial charge is 0.378 e. The third kappa shape index (κ3) is 3.51. The molecular formula is C19H21N5. The molecule has 3 rings (SSSR count). The number of rotatable bonds is 6. The third-order valence-electron chi connectivity index (χ3n) is 3.96.